The molecule has 0 saturated heterocycles. The first kappa shape index (κ1) is 10.9. The third-order valence-electron chi connectivity index (χ3n) is 2.63. The van der Waals surface area contributed by atoms with Gasteiger partial charge in [0.25, 0.3) is 0 Å². The second-order valence-electron chi connectivity index (χ2n) is 3.99. The zero-order valence-corrected chi connectivity index (χ0v) is 9.45. The van der Waals surface area contributed by atoms with Crippen LogP contribution in [0.4, 0.5) is 0 Å². The fourth-order valence-electron chi connectivity index (χ4n) is 1.89. The van der Waals surface area contributed by atoms with Crippen molar-refractivity contribution in [3.8, 4) is 6.07 Å². The Hall–Kier alpha value is -0.200. The predicted molar refractivity (Wildman–Crippen MR) is 57.8 cm³/mol. The fourth-order valence-corrected chi connectivity index (χ4v) is 3.29. The summed E-state index contributed by atoms with van der Waals surface area (Å²) in [4.78, 5) is 0. The summed E-state index contributed by atoms with van der Waals surface area (Å²) in [6.45, 7) is 4.44. The maximum Gasteiger partial charge on any atom is 0.107 e. The Morgan fingerprint density at radius 2 is 2.31 bits per heavy atom. The highest BCUT2D eigenvalue weighted by Crippen LogP contribution is 2.37. The van der Waals surface area contributed by atoms with E-state index in [1.54, 1.807) is 0 Å². The lowest BCUT2D eigenvalue weighted by Crippen LogP contribution is -2.38. The molecule has 0 amide bonds. The van der Waals surface area contributed by atoms with Crippen molar-refractivity contribution < 1.29 is 0 Å². The van der Waals surface area contributed by atoms with E-state index in [0.29, 0.717) is 10.5 Å². The van der Waals surface area contributed by atoms with Crippen LogP contribution in [0.2, 0.25) is 0 Å². The molecule has 1 saturated carbocycles. The van der Waals surface area contributed by atoms with E-state index in [2.05, 4.69) is 25.2 Å². The van der Waals surface area contributed by atoms with E-state index >= 15 is 0 Å². The number of nitrogens with one attached hydrogen (secondary N) is 1. The maximum absolute atomic E-state index is 9.05. The summed E-state index contributed by atoms with van der Waals surface area (Å²) < 4.78 is 0. The minimum atomic E-state index is -0.230. The number of thioether (sulfide) groups is 1. The van der Waals surface area contributed by atoms with Crippen molar-refractivity contribution >= 4 is 11.8 Å². The van der Waals surface area contributed by atoms with E-state index in [1.165, 1.54) is 6.42 Å². The molecule has 0 bridgehead atoms. The Labute approximate surface area is 85.1 Å². The van der Waals surface area contributed by atoms with Gasteiger partial charge in [0.2, 0.25) is 0 Å². The van der Waals surface area contributed by atoms with Crippen LogP contribution in [-0.2, 0) is 0 Å². The lowest BCUT2D eigenvalue weighted by molar-refractivity contribution is 0.464. The number of hydrogen-bond acceptors (Lipinski definition) is 3. The predicted octanol–water partition coefficient (Wildman–Crippen LogP) is 2.16. The summed E-state index contributed by atoms with van der Waals surface area (Å²) in [5.74, 6) is 0. The van der Waals surface area contributed by atoms with Gasteiger partial charge >= 0.3 is 0 Å². The van der Waals surface area contributed by atoms with Gasteiger partial charge in [0.05, 0.1) is 6.07 Å². The number of rotatable bonds is 3. The molecule has 2 unspecified atom stereocenters. The smallest absolute Gasteiger partial charge is 0.107 e. The van der Waals surface area contributed by atoms with Crippen molar-refractivity contribution in [2.75, 3.05) is 7.05 Å². The van der Waals surface area contributed by atoms with Crippen LogP contribution >= 0.6 is 11.8 Å². The molecule has 0 radical (unpaired) electrons. The molecule has 0 aliphatic heterocycles. The van der Waals surface area contributed by atoms with E-state index < -0.39 is 0 Å². The van der Waals surface area contributed by atoms with Crippen LogP contribution in [0.25, 0.3) is 0 Å². The Morgan fingerprint density at radius 3 is 2.69 bits per heavy atom. The molecule has 1 aliphatic carbocycles. The Balaban J connectivity index is 2.48. The second-order valence-corrected chi connectivity index (χ2v) is 5.88. The van der Waals surface area contributed by atoms with E-state index in [1.807, 2.05) is 18.8 Å². The van der Waals surface area contributed by atoms with Crippen LogP contribution in [-0.4, -0.2) is 23.1 Å². The lowest BCUT2D eigenvalue weighted by atomic mass is 10.0. The van der Waals surface area contributed by atoms with Crippen LogP contribution in [0.15, 0.2) is 0 Å². The minimum absolute atomic E-state index is 0.230. The molecule has 1 aliphatic rings. The average Bonchev–Trinajstić information content (AvgIpc) is 2.48. The molecule has 2 atom stereocenters. The summed E-state index contributed by atoms with van der Waals surface area (Å²) in [7, 11) is 1.89. The number of nitriles is 1. The van der Waals surface area contributed by atoms with Gasteiger partial charge in [0, 0.05) is 5.25 Å². The van der Waals surface area contributed by atoms with E-state index in [4.69, 9.17) is 5.26 Å². The van der Waals surface area contributed by atoms with Gasteiger partial charge in [-0.15, -0.1) is 0 Å². The highest BCUT2D eigenvalue weighted by Gasteiger charge is 2.38. The number of nitrogens with zero attached hydrogens (tertiary/aromatic N) is 1. The second kappa shape index (κ2) is 4.34. The van der Waals surface area contributed by atoms with E-state index in [9.17, 15) is 0 Å². The quantitative estimate of drug-likeness (QED) is 0.755. The standard InChI is InChI=1S/C10H18N2S/c1-8(2)13-9-4-5-10(6-9,7-11)12-3/h8-9,12H,4-6H2,1-3H3. The van der Waals surface area contributed by atoms with Crippen LogP contribution in [0.5, 0.6) is 0 Å². The molecule has 0 aromatic carbocycles. The summed E-state index contributed by atoms with van der Waals surface area (Å²) in [6, 6.07) is 2.41. The Kier molecular flexibility index (Phi) is 3.63. The summed E-state index contributed by atoms with van der Waals surface area (Å²) in [6.07, 6.45) is 3.19. The zero-order chi connectivity index (χ0) is 9.90. The van der Waals surface area contributed by atoms with Gasteiger partial charge in [-0.2, -0.15) is 17.0 Å². The molecule has 0 heterocycles. The molecule has 74 valence electrons. The SMILES string of the molecule is CNC1(C#N)CCC(SC(C)C)C1. The third kappa shape index (κ3) is 2.62. The van der Waals surface area contributed by atoms with Crippen molar-refractivity contribution in [2.24, 2.45) is 0 Å². The van der Waals surface area contributed by atoms with Gasteiger partial charge in [0.15, 0.2) is 0 Å². The third-order valence-corrected chi connectivity index (χ3v) is 3.96. The van der Waals surface area contributed by atoms with Crippen molar-refractivity contribution in [2.45, 2.75) is 49.1 Å². The van der Waals surface area contributed by atoms with Gasteiger partial charge in [-0.1, -0.05) is 13.8 Å². The van der Waals surface area contributed by atoms with Crippen LogP contribution in [0.1, 0.15) is 33.1 Å². The maximum atomic E-state index is 9.05. The summed E-state index contributed by atoms with van der Waals surface area (Å²) in [5, 5.41) is 13.6. The fraction of sp³-hybridized carbons (Fsp3) is 0.900. The minimum Gasteiger partial charge on any atom is -0.302 e. The molecule has 2 nitrogen and oxygen atoms in total. The van der Waals surface area contributed by atoms with E-state index in [0.717, 1.165) is 12.8 Å². The van der Waals surface area contributed by atoms with Gasteiger partial charge in [0.1, 0.15) is 5.54 Å². The molecule has 1 rings (SSSR count). The lowest BCUT2D eigenvalue weighted by Gasteiger charge is -2.20. The number of hydrogen-bond donors (Lipinski definition) is 1. The van der Waals surface area contributed by atoms with Crippen LogP contribution < -0.4 is 5.32 Å². The van der Waals surface area contributed by atoms with Gasteiger partial charge < -0.3 is 5.32 Å². The monoisotopic (exact) mass is 198 g/mol. The summed E-state index contributed by atoms with van der Waals surface area (Å²) in [5.41, 5.74) is -0.230. The normalized spacial score (nSPS) is 33.6. The molecular formula is C10H18N2S. The Morgan fingerprint density at radius 1 is 1.62 bits per heavy atom. The van der Waals surface area contributed by atoms with Gasteiger partial charge in [-0.05, 0) is 31.6 Å². The molecule has 1 N–H and O–H groups in total. The van der Waals surface area contributed by atoms with Crippen LogP contribution in [0.3, 0.4) is 0 Å². The molecule has 13 heavy (non-hydrogen) atoms. The summed E-state index contributed by atoms with van der Waals surface area (Å²) >= 11 is 2.00. The molecule has 1 fully saturated rings. The van der Waals surface area contributed by atoms with Crippen molar-refractivity contribution in [3.05, 3.63) is 0 Å². The molecule has 0 spiro atoms. The van der Waals surface area contributed by atoms with Crippen molar-refractivity contribution in [1.82, 2.24) is 5.32 Å². The molecule has 0 aromatic heterocycles. The molecule has 3 heteroatoms. The highest BCUT2D eigenvalue weighted by atomic mass is 32.2. The zero-order valence-electron chi connectivity index (χ0n) is 8.63. The highest BCUT2D eigenvalue weighted by molar-refractivity contribution is 8.00. The topological polar surface area (TPSA) is 35.8 Å². The van der Waals surface area contributed by atoms with Crippen molar-refractivity contribution in [3.63, 3.8) is 0 Å². The van der Waals surface area contributed by atoms with E-state index in [-0.39, 0.29) is 5.54 Å². The van der Waals surface area contributed by atoms with Crippen LogP contribution in [0, 0.1) is 11.3 Å². The molecule has 0 aromatic rings. The first-order valence-corrected chi connectivity index (χ1v) is 5.82. The molecular weight excluding hydrogens is 180 g/mol. The largest absolute Gasteiger partial charge is 0.302 e. The van der Waals surface area contributed by atoms with Gasteiger partial charge in [-0.3, -0.25) is 0 Å². The van der Waals surface area contributed by atoms with Crippen molar-refractivity contribution in [1.29, 1.82) is 5.26 Å². The Bertz CT molecular complexity index is 209. The average molecular weight is 198 g/mol. The first-order chi connectivity index (χ1) is 6.12. The first-order valence-electron chi connectivity index (χ1n) is 4.87. The van der Waals surface area contributed by atoms with Gasteiger partial charge in [-0.25, -0.2) is 0 Å².